The summed E-state index contributed by atoms with van der Waals surface area (Å²) >= 11 is 34.4. The smallest absolute Gasteiger partial charge is 0.355 e. The molecule has 4 fully saturated rings. The van der Waals surface area contributed by atoms with Crippen LogP contribution in [0.4, 0.5) is 0 Å². The highest BCUT2D eigenvalue weighted by molar-refractivity contribution is 8.24. The lowest BCUT2D eigenvalue weighted by Gasteiger charge is -2.23. The predicted molar refractivity (Wildman–Crippen MR) is 498 cm³/mol. The van der Waals surface area contributed by atoms with Gasteiger partial charge in [0.15, 0.2) is 78.7 Å². The van der Waals surface area contributed by atoms with Crippen molar-refractivity contribution in [2.24, 2.45) is 0 Å². The first-order chi connectivity index (χ1) is 58.8. The number of unbranched alkanes of at least 4 members (excludes halogenated alkanes) is 2. The van der Waals surface area contributed by atoms with Crippen LogP contribution >= 0.6 is 85.5 Å². The van der Waals surface area contributed by atoms with Gasteiger partial charge in [-0.1, -0.05) is 26.7 Å². The Morgan fingerprint density at radius 2 is 0.689 bits per heavy atom. The second-order valence-electron chi connectivity index (χ2n) is 27.3. The quantitative estimate of drug-likeness (QED) is 0.00844. The molecule has 6 N–H and O–H groups in total. The fraction of sp³-hybridized carbons (Fsp3) is 0.511. The maximum absolute atomic E-state index is 12.0. The number of rotatable bonds is 34. The van der Waals surface area contributed by atoms with Gasteiger partial charge in [0.2, 0.25) is 0 Å². The van der Waals surface area contributed by atoms with Gasteiger partial charge in [-0.3, -0.25) is 33.0 Å². The second-order valence-corrected chi connectivity index (χ2v) is 34.1. The number of carbonyl (C=O) groups is 6. The topological polar surface area (TPSA) is 323 Å². The van der Waals surface area contributed by atoms with Crippen molar-refractivity contribution in [2.75, 3.05) is 74.9 Å². The third-order valence-corrected chi connectivity index (χ3v) is 18.7. The molecule has 6 aromatic carbocycles. The standard InChI is InChI=1S/C16H22O6S.C16H22O3.C15H19ClO3.C15H20O4.C11H14O2.C10H11ClO2.C5H8O.2CH2Cl2.H2O.H2P2S/c1-23(18,19)21-12-4-5-15(17)13-7-9-14(10-8-13)22-16-6-2-3-11-20-16;1-2-3-6-15(17)13-8-10-14(11-9-13)19-16-7-4-5-12-18-16;2*16-10-3-4-14(17)12-6-8-13(9-7-12)19-15-5-1-2-11-18-15;1-2-3-4-11(13)9-5-7-10(12)8-6-9;11-7-1-2-10(13)8-3-5-9(12)6-4-8;1-2-4-6-5-3-1;2*2-1-3;;1-2-3/h7-10,16H,2-6,11-12H2,1H3;8-11,16H,2-7,12H2,1H3;6-9,15H,1-5,10-11H2;6-9,15-16H,1-5,10-11H2;5-8,12H,2-4H2,1H3;3-6,12H,1-2,7H2;2,4H,1,3,5H2;2*1H2;1H2;1H2/p+2/i/hT. The van der Waals surface area contributed by atoms with Gasteiger partial charge >= 0.3 is 1.28 Å². The summed E-state index contributed by atoms with van der Waals surface area (Å²) in [5.74, 6) is 4.89. The predicted octanol–water partition coefficient (Wildman–Crippen LogP) is 22.3. The van der Waals surface area contributed by atoms with Gasteiger partial charge in [-0.25, -0.2) is 0 Å². The number of halogens is 6. The van der Waals surface area contributed by atoms with E-state index in [0.717, 1.165) is 165 Å². The molecule has 0 spiro atoms. The first kappa shape index (κ1) is 112. The van der Waals surface area contributed by atoms with E-state index >= 15 is 0 Å². The summed E-state index contributed by atoms with van der Waals surface area (Å²) in [5, 5.41) is 27.1. The number of alkyl halides is 6. The lowest BCUT2D eigenvalue weighted by atomic mass is 10.1. The number of aliphatic hydroxyl groups is 1. The molecule has 0 saturated carbocycles. The van der Waals surface area contributed by atoms with Gasteiger partial charge in [-0.05, 0) is 254 Å². The van der Waals surface area contributed by atoms with Crippen molar-refractivity contribution < 1.29 is 105 Å². The molecule has 680 valence electrons. The summed E-state index contributed by atoms with van der Waals surface area (Å²) in [6.07, 6.45) is 28.1. The lowest BCUT2D eigenvalue weighted by molar-refractivity contribution is -0.106. The highest BCUT2D eigenvalue weighted by Gasteiger charge is 2.21. The van der Waals surface area contributed by atoms with Crippen molar-refractivity contribution in [3.05, 3.63) is 191 Å². The molecule has 6 unspecified atom stereocenters. The van der Waals surface area contributed by atoms with E-state index in [1.807, 2.05) is 42.5 Å². The first-order valence-corrected chi connectivity index (χ1v) is 49.5. The van der Waals surface area contributed by atoms with Gasteiger partial charge in [0, 0.05) is 116 Å². The first-order valence-electron chi connectivity index (χ1n) is 41.4. The average molecular weight is 1900 g/mol. The Bertz CT molecular complexity index is 3650. The number of phenolic OH excluding ortho intramolecular Hbond substituents is 2. The fourth-order valence-electron chi connectivity index (χ4n) is 11.2. The van der Waals surface area contributed by atoms with Crippen LogP contribution < -0.4 is 18.9 Å². The largest absolute Gasteiger partial charge is 0.508 e. The summed E-state index contributed by atoms with van der Waals surface area (Å²) in [4.78, 5) is 70.2. The Balaban J connectivity index is 0.000000715. The van der Waals surface area contributed by atoms with Crippen LogP contribution in [0.3, 0.4) is 0 Å². The molecule has 5 aliphatic rings. The summed E-state index contributed by atoms with van der Waals surface area (Å²) < 4.78 is 82.4. The maximum Gasteiger partial charge on any atom is 0.355 e. The van der Waals surface area contributed by atoms with Crippen LogP contribution in [-0.2, 0) is 55.3 Å². The Morgan fingerprint density at radius 1 is 0.434 bits per heavy atom. The van der Waals surface area contributed by atoms with Crippen molar-refractivity contribution in [2.45, 2.75) is 219 Å². The molecule has 122 heavy (non-hydrogen) atoms. The zero-order valence-corrected chi connectivity index (χ0v) is 78.5. The molecule has 22 nitrogen and oxygen atoms in total. The van der Waals surface area contributed by atoms with Crippen molar-refractivity contribution >= 4 is 142 Å². The van der Waals surface area contributed by atoms with Crippen molar-refractivity contribution in [3.8, 4) is 34.5 Å². The van der Waals surface area contributed by atoms with Gasteiger partial charge in [-0.2, -0.15) is 8.42 Å². The molecular weight excluding hydrogens is 1770 g/mol. The number of phenols is 2. The Hall–Kier alpha value is -5.96. The highest BCUT2D eigenvalue weighted by Crippen LogP contribution is 2.26. The van der Waals surface area contributed by atoms with Crippen molar-refractivity contribution in [1.29, 1.82) is 1.28 Å². The molecule has 0 amide bonds. The molecule has 0 radical (unpaired) electrons. The number of Topliss-reactive ketones (excluding diaryl/α,β-unsaturated/α-hetero) is 6. The monoisotopic (exact) mass is 1900 g/mol. The highest BCUT2D eigenvalue weighted by atomic mass is 35.5. The van der Waals surface area contributed by atoms with E-state index in [2.05, 4.69) is 38.8 Å². The zero-order valence-electron chi connectivity index (χ0n) is 71.3. The van der Waals surface area contributed by atoms with Crippen LogP contribution in [0.2, 0.25) is 0 Å². The average Bonchev–Trinajstić information content (AvgIpc) is 0.875. The third kappa shape index (κ3) is 56.9. The maximum atomic E-state index is 12.0. The minimum Gasteiger partial charge on any atom is -0.508 e. The van der Waals surface area contributed by atoms with Gasteiger partial charge in [-0.15, -0.1) is 69.6 Å². The summed E-state index contributed by atoms with van der Waals surface area (Å²) in [6.45, 7) is 7.27. The van der Waals surface area contributed by atoms with E-state index in [1.165, 1.54) is 25.0 Å². The Labute approximate surface area is 762 Å². The number of aromatic hydroxyl groups is 2. The van der Waals surface area contributed by atoms with E-state index in [-0.39, 0.29) is 107 Å². The number of ether oxygens (including phenoxy) is 9. The summed E-state index contributed by atoms with van der Waals surface area (Å²) in [5.41, 5.74) is 4.02. The van der Waals surface area contributed by atoms with E-state index in [1.54, 1.807) is 103 Å². The molecule has 6 aromatic rings. The zero-order chi connectivity index (χ0) is 89.8. The number of allylic oxidation sites excluding steroid dienone is 1. The van der Waals surface area contributed by atoms with E-state index in [0.29, 0.717) is 103 Å². The number of hydrogen-bond donors (Lipinski definition) is 3. The molecule has 11 rings (SSSR count). The van der Waals surface area contributed by atoms with E-state index in [9.17, 15) is 37.2 Å². The Kier molecular flexibility index (Phi) is 68.1. The molecule has 4 saturated heterocycles. The molecule has 6 atom stereocenters. The minimum atomic E-state index is -3.45. The molecular formula is C90H126Cl6O22P2S2+2. The normalized spacial score (nSPS) is 16.2. The van der Waals surface area contributed by atoms with Crippen molar-refractivity contribution in [3.63, 3.8) is 0 Å². The number of carbonyl (C=O) groups excluding carboxylic acids is 6. The van der Waals surface area contributed by atoms with E-state index in [4.69, 9.17) is 129 Å². The molecule has 0 aliphatic carbocycles. The second kappa shape index (κ2) is 74.2. The summed E-state index contributed by atoms with van der Waals surface area (Å²) in [7, 11) is -1.24. The van der Waals surface area contributed by atoms with E-state index < -0.39 is 17.1 Å². The van der Waals surface area contributed by atoms with Crippen molar-refractivity contribution in [1.82, 2.24) is 0 Å². The summed E-state index contributed by atoms with van der Waals surface area (Å²) in [6, 6.07) is 41.3. The van der Waals surface area contributed by atoms with Gasteiger partial charge in [0.1, 0.15) is 34.5 Å². The van der Waals surface area contributed by atoms with Crippen LogP contribution in [0.5, 0.6) is 34.5 Å². The van der Waals surface area contributed by atoms with Crippen LogP contribution in [0.1, 0.15) is 256 Å². The third-order valence-electron chi connectivity index (χ3n) is 17.5. The van der Waals surface area contributed by atoms with Gasteiger partial charge in [0.05, 0.1) is 71.8 Å². The number of benzene rings is 6. The van der Waals surface area contributed by atoms with Gasteiger partial charge in [0.25, 0.3) is 10.1 Å². The minimum absolute atomic E-state index is 0. The van der Waals surface area contributed by atoms with Crippen LogP contribution in [0, 0.1) is 0 Å². The molecule has 0 bridgehead atoms. The lowest BCUT2D eigenvalue weighted by Crippen LogP contribution is -2.24. The molecule has 0 aromatic heterocycles. The van der Waals surface area contributed by atoms with Crippen LogP contribution in [-0.4, -0.2) is 160 Å². The SMILES string of the molecule is C1=COCCC1.CCCCC(=O)c1ccc(O)cc1.CCCCC(=O)c1ccc(OC2CCCCO2)cc1.CS(=O)(=O)OCCCC(=O)c1ccc(OC2CCCCO2)cc1.ClCCl.ClCCl.O=C(CCCCl)c1ccc(O)cc1.O=C(CCCCl)c1ccc(OC2CCCCO2)cc1.O=C(CCCO)c1ccc(OC2CCCCO2)cc1.[3H][P+](P)=S.[OH3+]. The fourth-order valence-corrected chi connectivity index (χ4v) is 11.9. The number of hydrogen-bond acceptors (Lipinski definition) is 22. The number of aliphatic hydroxyl groups excluding tert-OH is 1. The molecule has 5 heterocycles. The Morgan fingerprint density at radius 3 is 0.885 bits per heavy atom. The van der Waals surface area contributed by atoms with Crippen LogP contribution in [0.25, 0.3) is 0 Å². The molecule has 5 aliphatic heterocycles. The number of ketones is 6. The van der Waals surface area contributed by atoms with Crippen LogP contribution in [0.15, 0.2) is 158 Å². The molecule has 32 heteroatoms. The van der Waals surface area contributed by atoms with Gasteiger partial charge < -0.3 is 63.4 Å².